The van der Waals surface area contributed by atoms with E-state index < -0.39 is 0 Å². The van der Waals surface area contributed by atoms with Gasteiger partial charge >= 0.3 is 0 Å². The van der Waals surface area contributed by atoms with Crippen molar-refractivity contribution in [2.75, 3.05) is 0 Å². The molecule has 0 spiro atoms. The molecule has 1 aromatic carbocycles. The summed E-state index contributed by atoms with van der Waals surface area (Å²) in [6.07, 6.45) is 0.435. The topological polar surface area (TPSA) is 56.0 Å². The van der Waals surface area contributed by atoms with Crippen molar-refractivity contribution < 1.29 is 9.32 Å². The SMILES string of the molecule is CC(=O)C(C)c1nc(Cc2ccc(Cl)cc2Cl)no1. The molecule has 0 aliphatic heterocycles. The molecule has 2 rings (SSSR count). The molecule has 19 heavy (non-hydrogen) atoms. The highest BCUT2D eigenvalue weighted by Crippen LogP contribution is 2.23. The van der Waals surface area contributed by atoms with Gasteiger partial charge in [-0.25, -0.2) is 0 Å². The average Bonchev–Trinajstić information content (AvgIpc) is 2.80. The minimum absolute atomic E-state index is 0.0141. The third-order valence-electron chi connectivity index (χ3n) is 2.83. The summed E-state index contributed by atoms with van der Waals surface area (Å²) < 4.78 is 5.07. The molecule has 0 radical (unpaired) electrons. The van der Waals surface area contributed by atoms with Gasteiger partial charge in [0.2, 0.25) is 5.89 Å². The molecule has 0 aliphatic carbocycles. The zero-order chi connectivity index (χ0) is 14.0. The molecule has 2 aromatic rings. The summed E-state index contributed by atoms with van der Waals surface area (Å²) >= 11 is 11.9. The van der Waals surface area contributed by atoms with E-state index in [4.69, 9.17) is 27.7 Å². The van der Waals surface area contributed by atoms with E-state index in [1.54, 1.807) is 19.1 Å². The fourth-order valence-electron chi connectivity index (χ4n) is 1.52. The minimum atomic E-state index is -0.387. The van der Waals surface area contributed by atoms with Gasteiger partial charge in [-0.3, -0.25) is 4.79 Å². The molecule has 0 saturated carbocycles. The van der Waals surface area contributed by atoms with Crippen LogP contribution in [0.5, 0.6) is 0 Å². The van der Waals surface area contributed by atoms with Crippen LogP contribution < -0.4 is 0 Å². The van der Waals surface area contributed by atoms with Crippen LogP contribution in [0, 0.1) is 0 Å². The predicted octanol–water partition coefficient (Wildman–Crippen LogP) is 3.66. The van der Waals surface area contributed by atoms with Crippen molar-refractivity contribution in [3.63, 3.8) is 0 Å². The van der Waals surface area contributed by atoms with Crippen molar-refractivity contribution in [2.45, 2.75) is 26.2 Å². The summed E-state index contributed by atoms with van der Waals surface area (Å²) in [6, 6.07) is 5.23. The van der Waals surface area contributed by atoms with Crippen LogP contribution in [0.2, 0.25) is 10.0 Å². The van der Waals surface area contributed by atoms with E-state index in [-0.39, 0.29) is 11.7 Å². The lowest BCUT2D eigenvalue weighted by Gasteiger charge is -2.01. The molecule has 0 N–H and O–H groups in total. The summed E-state index contributed by atoms with van der Waals surface area (Å²) in [5.41, 5.74) is 0.855. The Morgan fingerprint density at radius 1 is 1.42 bits per heavy atom. The Morgan fingerprint density at radius 2 is 2.16 bits per heavy atom. The number of halogens is 2. The number of carbonyl (C=O) groups excluding carboxylic acids is 1. The standard InChI is InChI=1S/C13H12Cl2N2O2/c1-7(8(2)18)13-16-12(17-19-13)5-9-3-4-10(14)6-11(9)15/h3-4,6-7H,5H2,1-2H3. The predicted molar refractivity (Wildman–Crippen MR) is 72.7 cm³/mol. The lowest BCUT2D eigenvalue weighted by Crippen LogP contribution is -2.04. The zero-order valence-electron chi connectivity index (χ0n) is 10.5. The molecule has 0 bridgehead atoms. The van der Waals surface area contributed by atoms with Crippen LogP contribution in [0.4, 0.5) is 0 Å². The largest absolute Gasteiger partial charge is 0.339 e. The molecule has 1 atom stereocenters. The van der Waals surface area contributed by atoms with Crippen LogP contribution in [-0.4, -0.2) is 15.9 Å². The molecule has 0 amide bonds. The summed E-state index contributed by atoms with van der Waals surface area (Å²) in [7, 11) is 0. The lowest BCUT2D eigenvalue weighted by atomic mass is 10.1. The van der Waals surface area contributed by atoms with Crippen molar-refractivity contribution >= 4 is 29.0 Å². The Balaban J connectivity index is 2.18. The molecule has 1 heterocycles. The van der Waals surface area contributed by atoms with E-state index in [0.29, 0.717) is 28.2 Å². The maximum atomic E-state index is 11.2. The van der Waals surface area contributed by atoms with Gasteiger partial charge < -0.3 is 4.52 Å². The second kappa shape index (κ2) is 5.72. The first-order valence-electron chi connectivity index (χ1n) is 5.74. The normalized spacial score (nSPS) is 12.4. The average molecular weight is 299 g/mol. The monoisotopic (exact) mass is 298 g/mol. The van der Waals surface area contributed by atoms with Gasteiger partial charge in [0.05, 0.1) is 5.92 Å². The van der Waals surface area contributed by atoms with Gasteiger partial charge in [0.25, 0.3) is 0 Å². The molecule has 0 fully saturated rings. The maximum absolute atomic E-state index is 11.2. The summed E-state index contributed by atoms with van der Waals surface area (Å²) in [4.78, 5) is 15.4. The van der Waals surface area contributed by atoms with Crippen molar-refractivity contribution in [3.8, 4) is 0 Å². The van der Waals surface area contributed by atoms with E-state index in [1.165, 1.54) is 6.92 Å². The first-order valence-corrected chi connectivity index (χ1v) is 6.50. The molecular formula is C13H12Cl2N2O2. The number of benzene rings is 1. The molecular weight excluding hydrogens is 287 g/mol. The van der Waals surface area contributed by atoms with Crippen LogP contribution in [-0.2, 0) is 11.2 Å². The number of hydrogen-bond donors (Lipinski definition) is 0. The van der Waals surface area contributed by atoms with Gasteiger partial charge in [0, 0.05) is 16.5 Å². The Labute approximate surface area is 120 Å². The number of ketones is 1. The number of carbonyl (C=O) groups is 1. The van der Waals surface area contributed by atoms with E-state index in [9.17, 15) is 4.79 Å². The fraction of sp³-hybridized carbons (Fsp3) is 0.308. The molecule has 0 aliphatic rings. The van der Waals surface area contributed by atoms with E-state index in [0.717, 1.165) is 5.56 Å². The van der Waals surface area contributed by atoms with Gasteiger partial charge in [-0.05, 0) is 31.5 Å². The third kappa shape index (κ3) is 3.33. The lowest BCUT2D eigenvalue weighted by molar-refractivity contribution is -0.118. The highest BCUT2D eigenvalue weighted by molar-refractivity contribution is 6.35. The Bertz CT molecular complexity index is 610. The maximum Gasteiger partial charge on any atom is 0.236 e. The zero-order valence-corrected chi connectivity index (χ0v) is 12.0. The first-order chi connectivity index (χ1) is 8.97. The molecule has 0 saturated heterocycles. The summed E-state index contributed by atoms with van der Waals surface area (Å²) in [5.74, 6) is 0.418. The number of nitrogens with zero attached hydrogens (tertiary/aromatic N) is 2. The fourth-order valence-corrected chi connectivity index (χ4v) is 2.00. The van der Waals surface area contributed by atoms with Crippen LogP contribution in [0.15, 0.2) is 22.7 Å². The van der Waals surface area contributed by atoms with Gasteiger partial charge in [0.1, 0.15) is 5.78 Å². The third-order valence-corrected chi connectivity index (χ3v) is 3.41. The second-order valence-electron chi connectivity index (χ2n) is 4.29. The van der Waals surface area contributed by atoms with E-state index in [2.05, 4.69) is 10.1 Å². The summed E-state index contributed by atoms with van der Waals surface area (Å²) in [6.45, 7) is 3.22. The Morgan fingerprint density at radius 3 is 2.79 bits per heavy atom. The number of hydrogen-bond acceptors (Lipinski definition) is 4. The van der Waals surface area contributed by atoms with Crippen LogP contribution >= 0.6 is 23.2 Å². The van der Waals surface area contributed by atoms with E-state index >= 15 is 0 Å². The molecule has 4 nitrogen and oxygen atoms in total. The van der Waals surface area contributed by atoms with Crippen molar-refractivity contribution in [3.05, 3.63) is 45.5 Å². The van der Waals surface area contributed by atoms with Crippen molar-refractivity contribution in [2.24, 2.45) is 0 Å². The number of rotatable bonds is 4. The van der Waals surface area contributed by atoms with Crippen molar-refractivity contribution in [1.82, 2.24) is 10.1 Å². The van der Waals surface area contributed by atoms with Gasteiger partial charge in [-0.2, -0.15) is 4.98 Å². The quantitative estimate of drug-likeness (QED) is 0.864. The van der Waals surface area contributed by atoms with Gasteiger partial charge in [-0.15, -0.1) is 0 Å². The van der Waals surface area contributed by atoms with Crippen LogP contribution in [0.25, 0.3) is 0 Å². The number of aromatic nitrogens is 2. The Hall–Kier alpha value is -1.39. The van der Waals surface area contributed by atoms with Crippen LogP contribution in [0.3, 0.4) is 0 Å². The summed E-state index contributed by atoms with van der Waals surface area (Å²) in [5, 5.41) is 4.98. The van der Waals surface area contributed by atoms with Crippen LogP contribution in [0.1, 0.15) is 37.0 Å². The number of Topliss-reactive ketones (excluding diaryl/α,β-unsaturated/α-hetero) is 1. The highest BCUT2D eigenvalue weighted by Gasteiger charge is 2.18. The smallest absolute Gasteiger partial charge is 0.236 e. The highest BCUT2D eigenvalue weighted by atomic mass is 35.5. The minimum Gasteiger partial charge on any atom is -0.339 e. The van der Waals surface area contributed by atoms with Gasteiger partial charge in [0.15, 0.2) is 5.82 Å². The molecule has 6 heteroatoms. The van der Waals surface area contributed by atoms with Gasteiger partial charge in [-0.1, -0.05) is 34.4 Å². The second-order valence-corrected chi connectivity index (χ2v) is 5.14. The van der Waals surface area contributed by atoms with E-state index in [1.807, 2.05) is 6.07 Å². The van der Waals surface area contributed by atoms with Crippen molar-refractivity contribution in [1.29, 1.82) is 0 Å². The Kier molecular flexibility index (Phi) is 4.22. The first kappa shape index (κ1) is 14.0. The molecule has 100 valence electrons. The molecule has 1 aromatic heterocycles. The molecule has 1 unspecified atom stereocenters.